The van der Waals surface area contributed by atoms with E-state index in [9.17, 15) is 22.4 Å². The maximum atomic E-state index is 13.1. The van der Waals surface area contributed by atoms with Crippen LogP contribution in [-0.2, 0) is 30.8 Å². The van der Waals surface area contributed by atoms with E-state index < -0.39 is 28.4 Å². The minimum atomic E-state index is -3.76. The first kappa shape index (κ1) is 23.8. The van der Waals surface area contributed by atoms with Crippen molar-refractivity contribution in [1.29, 1.82) is 0 Å². The van der Waals surface area contributed by atoms with Gasteiger partial charge in [0.15, 0.2) is 6.61 Å². The summed E-state index contributed by atoms with van der Waals surface area (Å²) in [6.45, 7) is 0.171. The highest BCUT2D eigenvalue weighted by molar-refractivity contribution is 7.89. The second kappa shape index (κ2) is 10.3. The smallest absolute Gasteiger partial charge is 0.306 e. The highest BCUT2D eigenvalue weighted by atomic mass is 32.2. The molecule has 0 bridgehead atoms. The molecular weight excluding hydrogens is 461 g/mol. The Morgan fingerprint density at radius 2 is 1.65 bits per heavy atom. The standard InChI is InChI=1S/C24H24FN3O5S/c25-19-6-10-21(11-7-19)34(31,32)28-15-13-27(14-16-28)23(29)17-33-24(30)12-9-20-8-5-18-3-1-2-4-22(18)26-20/h1-8,10-11H,9,12-17H2. The van der Waals surface area contributed by atoms with Crippen molar-refractivity contribution in [3.8, 4) is 0 Å². The average molecular weight is 486 g/mol. The Morgan fingerprint density at radius 1 is 0.941 bits per heavy atom. The summed E-state index contributed by atoms with van der Waals surface area (Å²) in [4.78, 5) is 30.5. The summed E-state index contributed by atoms with van der Waals surface area (Å²) in [6, 6.07) is 16.1. The molecule has 1 aromatic heterocycles. The Bertz CT molecular complexity index is 1290. The highest BCUT2D eigenvalue weighted by Crippen LogP contribution is 2.18. The summed E-state index contributed by atoms with van der Waals surface area (Å²) >= 11 is 0. The number of halogens is 1. The number of hydrogen-bond acceptors (Lipinski definition) is 6. The van der Waals surface area contributed by atoms with Crippen molar-refractivity contribution in [2.24, 2.45) is 0 Å². The van der Waals surface area contributed by atoms with Gasteiger partial charge < -0.3 is 9.64 Å². The summed E-state index contributed by atoms with van der Waals surface area (Å²) in [5, 5.41) is 1.02. The summed E-state index contributed by atoms with van der Waals surface area (Å²) in [7, 11) is -3.76. The van der Waals surface area contributed by atoms with Gasteiger partial charge in [-0.05, 0) is 36.4 Å². The van der Waals surface area contributed by atoms with Crippen molar-refractivity contribution in [1.82, 2.24) is 14.2 Å². The van der Waals surface area contributed by atoms with E-state index in [1.54, 1.807) is 0 Å². The van der Waals surface area contributed by atoms with Crippen molar-refractivity contribution < 1.29 is 27.1 Å². The van der Waals surface area contributed by atoms with Gasteiger partial charge in [-0.15, -0.1) is 0 Å². The highest BCUT2D eigenvalue weighted by Gasteiger charge is 2.30. The first-order valence-electron chi connectivity index (χ1n) is 10.9. The molecule has 0 radical (unpaired) electrons. The lowest BCUT2D eigenvalue weighted by Gasteiger charge is -2.33. The molecule has 2 heterocycles. The van der Waals surface area contributed by atoms with Gasteiger partial charge in [-0.3, -0.25) is 14.6 Å². The Kier molecular flexibility index (Phi) is 7.18. The van der Waals surface area contributed by atoms with Crippen LogP contribution in [0.25, 0.3) is 10.9 Å². The molecule has 0 spiro atoms. The van der Waals surface area contributed by atoms with Crippen molar-refractivity contribution in [3.63, 3.8) is 0 Å². The lowest BCUT2D eigenvalue weighted by atomic mass is 10.1. The molecule has 2 aromatic carbocycles. The Labute approximate surface area is 197 Å². The number of fused-ring (bicyclic) bond motifs is 1. The van der Waals surface area contributed by atoms with Crippen LogP contribution in [0.2, 0.25) is 0 Å². The lowest BCUT2D eigenvalue weighted by Crippen LogP contribution is -2.51. The number of ether oxygens (including phenoxy) is 1. The minimum Gasteiger partial charge on any atom is -0.456 e. The number of benzene rings is 2. The van der Waals surface area contributed by atoms with Gasteiger partial charge in [-0.25, -0.2) is 12.8 Å². The minimum absolute atomic E-state index is 0.00325. The summed E-state index contributed by atoms with van der Waals surface area (Å²) in [5.74, 6) is -1.39. The van der Waals surface area contributed by atoms with Gasteiger partial charge >= 0.3 is 5.97 Å². The van der Waals surface area contributed by atoms with Gasteiger partial charge in [0.1, 0.15) is 5.82 Å². The van der Waals surface area contributed by atoms with E-state index in [0.717, 1.165) is 28.7 Å². The van der Waals surface area contributed by atoms with E-state index in [-0.39, 0.29) is 43.4 Å². The van der Waals surface area contributed by atoms with E-state index in [1.807, 2.05) is 36.4 Å². The molecule has 0 aliphatic carbocycles. The number of rotatable bonds is 7. The molecule has 0 unspecified atom stereocenters. The monoisotopic (exact) mass is 485 g/mol. The predicted molar refractivity (Wildman–Crippen MR) is 123 cm³/mol. The van der Waals surface area contributed by atoms with E-state index >= 15 is 0 Å². The summed E-state index contributed by atoms with van der Waals surface area (Å²) < 4.78 is 44.8. The molecule has 0 saturated carbocycles. The topological polar surface area (TPSA) is 96.9 Å². The van der Waals surface area contributed by atoms with Crippen molar-refractivity contribution in [2.45, 2.75) is 17.7 Å². The van der Waals surface area contributed by atoms with Crippen LogP contribution in [0.3, 0.4) is 0 Å². The molecule has 1 aliphatic heterocycles. The summed E-state index contributed by atoms with van der Waals surface area (Å²) in [6.07, 6.45) is 0.500. The lowest BCUT2D eigenvalue weighted by molar-refractivity contribution is -0.152. The number of carbonyl (C=O) groups is 2. The number of hydrogen-bond donors (Lipinski definition) is 0. The second-order valence-electron chi connectivity index (χ2n) is 7.89. The molecule has 0 N–H and O–H groups in total. The number of aryl methyl sites for hydroxylation is 1. The van der Waals surface area contributed by atoms with Crippen LogP contribution >= 0.6 is 0 Å². The fourth-order valence-electron chi connectivity index (χ4n) is 3.72. The zero-order chi connectivity index (χ0) is 24.1. The number of para-hydroxylation sites is 1. The van der Waals surface area contributed by atoms with E-state index in [0.29, 0.717) is 6.42 Å². The second-order valence-corrected chi connectivity index (χ2v) is 9.83. The third-order valence-corrected chi connectivity index (χ3v) is 7.55. The van der Waals surface area contributed by atoms with Gasteiger partial charge in [0.2, 0.25) is 10.0 Å². The van der Waals surface area contributed by atoms with Crippen LogP contribution in [0.4, 0.5) is 4.39 Å². The Hall–Kier alpha value is -3.37. The fraction of sp³-hybridized carbons (Fsp3) is 0.292. The number of aromatic nitrogens is 1. The first-order chi connectivity index (χ1) is 16.3. The largest absolute Gasteiger partial charge is 0.456 e. The maximum Gasteiger partial charge on any atom is 0.306 e. The van der Waals surface area contributed by atoms with Crippen LogP contribution in [0.15, 0.2) is 65.6 Å². The van der Waals surface area contributed by atoms with Crippen molar-refractivity contribution >= 4 is 32.8 Å². The van der Waals surface area contributed by atoms with Gasteiger partial charge in [0.05, 0.1) is 16.8 Å². The molecule has 1 amide bonds. The predicted octanol–water partition coefficient (Wildman–Crippen LogP) is 2.38. The summed E-state index contributed by atoms with van der Waals surface area (Å²) in [5.41, 5.74) is 1.62. The number of sulfonamides is 1. The van der Waals surface area contributed by atoms with Gasteiger partial charge in [0.25, 0.3) is 5.91 Å². The quantitative estimate of drug-likeness (QED) is 0.477. The number of esters is 1. The normalized spacial score (nSPS) is 14.8. The van der Waals surface area contributed by atoms with Crippen molar-refractivity contribution in [3.05, 3.63) is 72.2 Å². The number of piperazine rings is 1. The zero-order valence-electron chi connectivity index (χ0n) is 18.4. The molecule has 1 saturated heterocycles. The Morgan fingerprint density at radius 3 is 2.38 bits per heavy atom. The maximum absolute atomic E-state index is 13.1. The molecule has 4 rings (SSSR count). The number of nitrogens with zero attached hydrogens (tertiary/aromatic N) is 3. The number of carbonyl (C=O) groups excluding carboxylic acids is 2. The Balaban J connectivity index is 1.22. The third-order valence-electron chi connectivity index (χ3n) is 5.64. The van der Waals surface area contributed by atoms with Crippen LogP contribution in [-0.4, -0.2) is 67.3 Å². The van der Waals surface area contributed by atoms with Crippen LogP contribution in [0, 0.1) is 5.82 Å². The molecular formula is C24H24FN3O5S. The number of amides is 1. The van der Waals surface area contributed by atoms with Crippen LogP contribution in [0.1, 0.15) is 12.1 Å². The molecule has 3 aromatic rings. The van der Waals surface area contributed by atoms with Crippen LogP contribution in [0.5, 0.6) is 0 Å². The van der Waals surface area contributed by atoms with E-state index in [1.165, 1.54) is 21.3 Å². The fourth-order valence-corrected chi connectivity index (χ4v) is 5.14. The molecule has 1 aliphatic rings. The van der Waals surface area contributed by atoms with E-state index in [2.05, 4.69) is 4.98 Å². The third kappa shape index (κ3) is 5.57. The van der Waals surface area contributed by atoms with Gasteiger partial charge in [-0.2, -0.15) is 4.31 Å². The SMILES string of the molecule is O=C(CCc1ccc2ccccc2n1)OCC(=O)N1CCN(S(=O)(=O)c2ccc(F)cc2)CC1. The molecule has 178 valence electrons. The molecule has 1 fully saturated rings. The molecule has 0 atom stereocenters. The van der Waals surface area contributed by atoms with Crippen LogP contribution < -0.4 is 0 Å². The average Bonchev–Trinajstić information content (AvgIpc) is 2.86. The molecule has 8 nitrogen and oxygen atoms in total. The zero-order valence-corrected chi connectivity index (χ0v) is 19.2. The number of pyridine rings is 1. The van der Waals surface area contributed by atoms with E-state index in [4.69, 9.17) is 4.74 Å². The van der Waals surface area contributed by atoms with Gasteiger partial charge in [-0.1, -0.05) is 24.3 Å². The first-order valence-corrected chi connectivity index (χ1v) is 12.3. The molecule has 10 heteroatoms. The van der Waals surface area contributed by atoms with Gasteiger partial charge in [0, 0.05) is 43.7 Å². The molecule has 34 heavy (non-hydrogen) atoms. The van der Waals surface area contributed by atoms with Crippen molar-refractivity contribution in [2.75, 3.05) is 32.8 Å².